The molecule has 0 amide bonds. The van der Waals surface area contributed by atoms with Crippen LogP contribution in [0.5, 0.6) is 34.5 Å². The summed E-state index contributed by atoms with van der Waals surface area (Å²) in [5.74, 6) is -22.9. The zero-order valence-corrected chi connectivity index (χ0v) is 30.1. The van der Waals surface area contributed by atoms with Crippen molar-refractivity contribution in [3.8, 4) is 69.1 Å². The molecule has 5 rings (SSSR count). The molecular weight excluding hydrogens is 744 g/mol. The van der Waals surface area contributed by atoms with Gasteiger partial charge in [0, 0.05) is 17.2 Å². The third-order valence-electron chi connectivity index (χ3n) is 7.08. The molecule has 0 aliphatic carbocycles. The standard InChI is InChI=1S/C34H18F8O7S.K/c1-4-15-5-7-16(8-6-15)19-13-18(10-11-20(19)47-3)48-33-29(39)25(35)23(26(36)30(33)40)24-27(37)31(41)34(32(42)28(24)38)49-21-12-9-17(46-2)14-22(21)50(43,44)45;/h1,5-14H,2-3H3,(H,43,44,45);/q;+1/p-1. The van der Waals surface area contributed by atoms with Crippen molar-refractivity contribution in [2.75, 3.05) is 14.2 Å². The number of halogens is 8. The molecule has 5 aromatic carbocycles. The van der Waals surface area contributed by atoms with E-state index in [0.29, 0.717) is 23.3 Å². The minimum atomic E-state index is -5.45. The minimum absolute atomic E-state index is 0. The van der Waals surface area contributed by atoms with Crippen molar-refractivity contribution >= 4 is 10.1 Å². The van der Waals surface area contributed by atoms with Gasteiger partial charge in [0.15, 0.2) is 23.3 Å². The van der Waals surface area contributed by atoms with Gasteiger partial charge in [-0.1, -0.05) is 18.1 Å². The van der Waals surface area contributed by atoms with E-state index in [1.807, 2.05) is 0 Å². The van der Waals surface area contributed by atoms with E-state index in [2.05, 4.69) is 10.7 Å². The van der Waals surface area contributed by atoms with E-state index in [4.69, 9.17) is 20.6 Å². The average Bonchev–Trinajstić information content (AvgIpc) is 3.11. The fourth-order valence-electron chi connectivity index (χ4n) is 4.69. The number of methoxy groups -OCH3 is 2. The van der Waals surface area contributed by atoms with Crippen LogP contribution in [0.15, 0.2) is 65.6 Å². The van der Waals surface area contributed by atoms with Crippen molar-refractivity contribution < 1.29 is 118 Å². The van der Waals surface area contributed by atoms with Gasteiger partial charge in [-0.25, -0.2) is 26.0 Å². The minimum Gasteiger partial charge on any atom is -0.744 e. The second-order valence-electron chi connectivity index (χ2n) is 9.97. The maximum absolute atomic E-state index is 15.3. The summed E-state index contributed by atoms with van der Waals surface area (Å²) in [5, 5.41) is 0. The number of hydrogen-bond acceptors (Lipinski definition) is 7. The Morgan fingerprint density at radius 2 is 1.08 bits per heavy atom. The van der Waals surface area contributed by atoms with Gasteiger partial charge < -0.3 is 23.5 Å². The quantitative estimate of drug-likeness (QED) is 0.0633. The third kappa shape index (κ3) is 7.58. The number of ether oxygens (including phenoxy) is 4. The maximum Gasteiger partial charge on any atom is 1.00 e. The van der Waals surface area contributed by atoms with Gasteiger partial charge in [0.25, 0.3) is 0 Å². The van der Waals surface area contributed by atoms with Gasteiger partial charge in [-0.2, -0.15) is 17.6 Å². The summed E-state index contributed by atoms with van der Waals surface area (Å²) in [6.07, 6.45) is 5.35. The van der Waals surface area contributed by atoms with Gasteiger partial charge in [0.05, 0.1) is 25.3 Å². The predicted molar refractivity (Wildman–Crippen MR) is 159 cm³/mol. The van der Waals surface area contributed by atoms with Gasteiger partial charge in [-0.15, -0.1) is 6.42 Å². The Bertz CT molecular complexity index is 2270. The van der Waals surface area contributed by atoms with E-state index in [1.165, 1.54) is 19.2 Å². The van der Waals surface area contributed by atoms with Crippen molar-refractivity contribution in [2.45, 2.75) is 4.90 Å². The molecule has 0 aliphatic heterocycles. The van der Waals surface area contributed by atoms with Crippen LogP contribution in [-0.2, 0) is 10.1 Å². The van der Waals surface area contributed by atoms with Gasteiger partial charge in [-0.3, -0.25) is 0 Å². The van der Waals surface area contributed by atoms with Crippen LogP contribution in [0.3, 0.4) is 0 Å². The summed E-state index contributed by atoms with van der Waals surface area (Å²) in [6, 6.07) is 12.0. The molecule has 7 nitrogen and oxygen atoms in total. The molecular formula is C34H17F8KO7S. The molecule has 0 saturated heterocycles. The van der Waals surface area contributed by atoms with Gasteiger partial charge >= 0.3 is 51.4 Å². The summed E-state index contributed by atoms with van der Waals surface area (Å²) in [4.78, 5) is -1.27. The van der Waals surface area contributed by atoms with Gasteiger partial charge in [-0.05, 0) is 48.0 Å². The summed E-state index contributed by atoms with van der Waals surface area (Å²) in [7, 11) is -3.07. The normalized spacial score (nSPS) is 11.0. The maximum atomic E-state index is 15.3. The van der Waals surface area contributed by atoms with E-state index in [0.717, 1.165) is 19.2 Å². The van der Waals surface area contributed by atoms with Crippen LogP contribution in [0.1, 0.15) is 5.56 Å². The molecule has 0 heterocycles. The fourth-order valence-corrected chi connectivity index (χ4v) is 5.30. The predicted octanol–water partition coefficient (Wildman–Crippen LogP) is 5.62. The zero-order valence-electron chi connectivity index (χ0n) is 26.1. The largest absolute Gasteiger partial charge is 1.00 e. The Labute approximate surface area is 326 Å². The zero-order chi connectivity index (χ0) is 36.7. The van der Waals surface area contributed by atoms with Crippen LogP contribution in [0.4, 0.5) is 35.1 Å². The summed E-state index contributed by atoms with van der Waals surface area (Å²) in [5.41, 5.74) is -3.17. The summed E-state index contributed by atoms with van der Waals surface area (Å²) in [6.45, 7) is 0. The molecule has 17 heteroatoms. The molecule has 0 atom stereocenters. The van der Waals surface area contributed by atoms with E-state index < -0.39 is 95.7 Å². The Morgan fingerprint density at radius 3 is 1.53 bits per heavy atom. The van der Waals surface area contributed by atoms with Gasteiger partial charge in [0.1, 0.15) is 38.0 Å². The first-order chi connectivity index (χ1) is 23.6. The summed E-state index contributed by atoms with van der Waals surface area (Å²) >= 11 is 0. The van der Waals surface area contributed by atoms with Crippen molar-refractivity contribution in [1.82, 2.24) is 0 Å². The van der Waals surface area contributed by atoms with Crippen LogP contribution in [0, 0.1) is 58.9 Å². The van der Waals surface area contributed by atoms with Crippen LogP contribution >= 0.6 is 0 Å². The number of hydrogen-bond donors (Lipinski definition) is 0. The van der Waals surface area contributed by atoms with Crippen molar-refractivity contribution in [3.05, 3.63) is 113 Å². The van der Waals surface area contributed by atoms with Crippen LogP contribution in [0.2, 0.25) is 0 Å². The number of terminal acetylenes is 1. The Kier molecular flexibility index (Phi) is 12.1. The topological polar surface area (TPSA) is 94.1 Å². The van der Waals surface area contributed by atoms with Crippen molar-refractivity contribution in [2.24, 2.45) is 0 Å². The van der Waals surface area contributed by atoms with Gasteiger partial charge in [0.2, 0.25) is 34.8 Å². The first-order valence-corrected chi connectivity index (χ1v) is 15.0. The molecule has 258 valence electrons. The second kappa shape index (κ2) is 15.6. The van der Waals surface area contributed by atoms with Crippen LogP contribution < -0.4 is 70.3 Å². The molecule has 0 aliphatic rings. The van der Waals surface area contributed by atoms with Crippen molar-refractivity contribution in [3.63, 3.8) is 0 Å². The first-order valence-electron chi connectivity index (χ1n) is 13.6. The molecule has 0 fully saturated rings. The van der Waals surface area contributed by atoms with Crippen molar-refractivity contribution in [1.29, 1.82) is 0 Å². The molecule has 5 aromatic rings. The molecule has 0 bridgehead atoms. The second-order valence-corrected chi connectivity index (χ2v) is 11.3. The van der Waals surface area contributed by atoms with Crippen LogP contribution in [0.25, 0.3) is 22.3 Å². The molecule has 0 N–H and O–H groups in total. The molecule has 51 heavy (non-hydrogen) atoms. The SMILES string of the molecule is C#Cc1ccc(-c2cc(Oc3c(F)c(F)c(-c4c(F)c(F)c(Oc5ccc(OC)cc5S(=O)(=O)[O-])c(F)c4F)c(F)c3F)ccc2OC)cc1.[K+]. The third-order valence-corrected chi connectivity index (χ3v) is 7.94. The van der Waals surface area contributed by atoms with Crippen LogP contribution in [-0.4, -0.2) is 27.2 Å². The van der Waals surface area contributed by atoms with E-state index in [9.17, 15) is 13.0 Å². The van der Waals surface area contributed by atoms with E-state index in [-0.39, 0.29) is 68.4 Å². The molecule has 0 saturated carbocycles. The summed E-state index contributed by atoms with van der Waals surface area (Å²) < 4.78 is 177. The Morgan fingerprint density at radius 1 is 0.608 bits per heavy atom. The average molecular weight is 761 g/mol. The first kappa shape index (κ1) is 39.6. The molecule has 0 spiro atoms. The number of benzene rings is 5. The monoisotopic (exact) mass is 760 g/mol. The fraction of sp³-hybridized carbons (Fsp3) is 0.0588. The molecule has 0 unspecified atom stereocenters. The number of rotatable bonds is 9. The molecule has 0 aromatic heterocycles. The smallest absolute Gasteiger partial charge is 0.744 e. The molecule has 0 radical (unpaired) electrons. The Balaban J connectivity index is 0.00000583. The van der Waals surface area contributed by atoms with E-state index in [1.54, 1.807) is 24.3 Å². The van der Waals surface area contributed by atoms with E-state index >= 15 is 35.1 Å². The Hall–Kier alpha value is -4.15.